The van der Waals surface area contributed by atoms with Crippen LogP contribution in [0.3, 0.4) is 0 Å². The van der Waals surface area contributed by atoms with Gasteiger partial charge in [-0.25, -0.2) is 9.48 Å². The first-order valence-corrected chi connectivity index (χ1v) is 8.53. The number of aromatic amines is 1. The van der Waals surface area contributed by atoms with Crippen molar-refractivity contribution in [2.75, 3.05) is 0 Å². The van der Waals surface area contributed by atoms with Crippen LogP contribution in [0.15, 0.2) is 36.7 Å². The Balaban J connectivity index is 1.77. The van der Waals surface area contributed by atoms with E-state index in [-0.39, 0.29) is 12.6 Å². The fourth-order valence-corrected chi connectivity index (χ4v) is 2.91. The number of aryl methyl sites for hydroxylation is 1. The zero-order chi connectivity index (χ0) is 18.7. The van der Waals surface area contributed by atoms with Crippen molar-refractivity contribution in [1.29, 1.82) is 0 Å². The Morgan fingerprint density at radius 1 is 1.31 bits per heavy atom. The van der Waals surface area contributed by atoms with Crippen LogP contribution in [0.1, 0.15) is 42.5 Å². The van der Waals surface area contributed by atoms with Crippen LogP contribution in [0.4, 0.5) is 0 Å². The molecule has 0 amide bonds. The maximum Gasteiger partial charge on any atom is 0.331 e. The van der Waals surface area contributed by atoms with Crippen molar-refractivity contribution in [3.05, 3.63) is 59.3 Å². The largest absolute Gasteiger partial charge is 0.456 e. The standard InChI is InChI=1S/C19H23N5O2/c1-13(2)24-18(8-10-21-24)23-14(3)11-16(15(23)4)5-6-19(25)26-12-17-7-9-20-22-17/h5-11,13H,12H2,1-4H3,(H,20,22)/b6-5+. The molecule has 0 aromatic carbocycles. The maximum absolute atomic E-state index is 11.9. The monoisotopic (exact) mass is 353 g/mol. The Morgan fingerprint density at radius 2 is 2.12 bits per heavy atom. The summed E-state index contributed by atoms with van der Waals surface area (Å²) in [5.74, 6) is 0.619. The van der Waals surface area contributed by atoms with E-state index in [9.17, 15) is 4.79 Å². The first kappa shape index (κ1) is 17.7. The van der Waals surface area contributed by atoms with E-state index in [0.717, 1.165) is 28.5 Å². The molecule has 0 fully saturated rings. The smallest absolute Gasteiger partial charge is 0.331 e. The van der Waals surface area contributed by atoms with E-state index >= 15 is 0 Å². The third-order valence-corrected chi connectivity index (χ3v) is 4.17. The van der Waals surface area contributed by atoms with Gasteiger partial charge >= 0.3 is 5.97 Å². The summed E-state index contributed by atoms with van der Waals surface area (Å²) in [5, 5.41) is 11.0. The van der Waals surface area contributed by atoms with E-state index in [0.29, 0.717) is 0 Å². The number of aromatic nitrogens is 5. The molecule has 0 aliphatic carbocycles. The van der Waals surface area contributed by atoms with E-state index in [1.807, 2.05) is 30.7 Å². The van der Waals surface area contributed by atoms with Gasteiger partial charge in [-0.3, -0.25) is 5.10 Å². The molecule has 0 saturated heterocycles. The molecule has 0 aliphatic heterocycles. The van der Waals surface area contributed by atoms with E-state index < -0.39 is 5.97 Å². The summed E-state index contributed by atoms with van der Waals surface area (Å²) in [7, 11) is 0. The van der Waals surface area contributed by atoms with Crippen molar-refractivity contribution in [2.45, 2.75) is 40.3 Å². The van der Waals surface area contributed by atoms with Crippen LogP contribution < -0.4 is 0 Å². The molecule has 26 heavy (non-hydrogen) atoms. The maximum atomic E-state index is 11.9. The van der Waals surface area contributed by atoms with Gasteiger partial charge in [0, 0.05) is 35.8 Å². The van der Waals surface area contributed by atoms with Crippen LogP contribution >= 0.6 is 0 Å². The quantitative estimate of drug-likeness (QED) is 0.544. The highest BCUT2D eigenvalue weighted by Gasteiger charge is 2.14. The number of nitrogens with zero attached hydrogens (tertiary/aromatic N) is 4. The van der Waals surface area contributed by atoms with E-state index in [1.165, 1.54) is 6.08 Å². The van der Waals surface area contributed by atoms with Gasteiger partial charge in [0.25, 0.3) is 0 Å². The average molecular weight is 353 g/mol. The van der Waals surface area contributed by atoms with Crippen molar-refractivity contribution in [2.24, 2.45) is 0 Å². The number of nitrogens with one attached hydrogen (secondary N) is 1. The predicted octanol–water partition coefficient (Wildman–Crippen LogP) is 3.35. The molecule has 0 radical (unpaired) electrons. The predicted molar refractivity (Wildman–Crippen MR) is 98.8 cm³/mol. The third-order valence-electron chi connectivity index (χ3n) is 4.17. The minimum atomic E-state index is -0.392. The first-order chi connectivity index (χ1) is 12.5. The summed E-state index contributed by atoms with van der Waals surface area (Å²) in [4.78, 5) is 11.9. The van der Waals surface area contributed by atoms with Crippen LogP contribution in [0.5, 0.6) is 0 Å². The lowest BCUT2D eigenvalue weighted by atomic mass is 10.2. The molecular formula is C19H23N5O2. The molecule has 3 heterocycles. The Labute approximate surface area is 152 Å². The fourth-order valence-electron chi connectivity index (χ4n) is 2.91. The van der Waals surface area contributed by atoms with Crippen molar-refractivity contribution in [3.8, 4) is 5.82 Å². The number of hydrogen-bond acceptors (Lipinski definition) is 4. The summed E-state index contributed by atoms with van der Waals surface area (Å²) < 4.78 is 9.31. The Kier molecular flexibility index (Phi) is 5.06. The molecule has 7 nitrogen and oxygen atoms in total. The van der Waals surface area contributed by atoms with Crippen LogP contribution in [0.25, 0.3) is 11.9 Å². The Hall–Kier alpha value is -3.09. The summed E-state index contributed by atoms with van der Waals surface area (Å²) in [6.45, 7) is 8.44. The van der Waals surface area contributed by atoms with E-state index in [2.05, 4.69) is 33.7 Å². The van der Waals surface area contributed by atoms with Gasteiger partial charge in [0.2, 0.25) is 0 Å². The van der Waals surface area contributed by atoms with Gasteiger partial charge in [-0.2, -0.15) is 10.2 Å². The first-order valence-electron chi connectivity index (χ1n) is 8.53. The summed E-state index contributed by atoms with van der Waals surface area (Å²) in [6, 6.07) is 6.07. The van der Waals surface area contributed by atoms with Crippen molar-refractivity contribution >= 4 is 12.0 Å². The van der Waals surface area contributed by atoms with Gasteiger partial charge in [0.1, 0.15) is 12.4 Å². The van der Waals surface area contributed by atoms with Crippen molar-refractivity contribution in [3.63, 3.8) is 0 Å². The average Bonchev–Trinajstić information content (AvgIpc) is 3.32. The topological polar surface area (TPSA) is 77.7 Å². The minimum Gasteiger partial charge on any atom is -0.456 e. The van der Waals surface area contributed by atoms with E-state index in [4.69, 9.17) is 4.74 Å². The molecular weight excluding hydrogens is 330 g/mol. The molecule has 3 aromatic heterocycles. The van der Waals surface area contributed by atoms with E-state index in [1.54, 1.807) is 24.5 Å². The molecule has 7 heteroatoms. The van der Waals surface area contributed by atoms with Gasteiger partial charge < -0.3 is 9.30 Å². The van der Waals surface area contributed by atoms with Crippen LogP contribution in [0.2, 0.25) is 0 Å². The molecule has 136 valence electrons. The molecule has 3 aromatic rings. The Bertz CT molecular complexity index is 916. The summed E-state index contributed by atoms with van der Waals surface area (Å²) in [6.07, 6.45) is 6.65. The Morgan fingerprint density at radius 3 is 2.81 bits per heavy atom. The number of ether oxygens (including phenoxy) is 1. The van der Waals surface area contributed by atoms with Crippen molar-refractivity contribution < 1.29 is 9.53 Å². The van der Waals surface area contributed by atoms with Crippen LogP contribution in [-0.2, 0) is 16.1 Å². The number of rotatable bonds is 6. The number of hydrogen-bond donors (Lipinski definition) is 1. The van der Waals surface area contributed by atoms with Gasteiger partial charge in [0.15, 0.2) is 0 Å². The highest BCUT2D eigenvalue weighted by atomic mass is 16.5. The number of carbonyl (C=O) groups is 1. The van der Waals surface area contributed by atoms with Crippen LogP contribution in [0, 0.1) is 13.8 Å². The number of esters is 1. The fraction of sp³-hybridized carbons (Fsp3) is 0.316. The zero-order valence-corrected chi connectivity index (χ0v) is 15.4. The molecule has 0 spiro atoms. The zero-order valence-electron chi connectivity index (χ0n) is 15.4. The highest BCUT2D eigenvalue weighted by molar-refractivity contribution is 5.87. The lowest BCUT2D eigenvalue weighted by Gasteiger charge is -2.15. The van der Waals surface area contributed by atoms with Gasteiger partial charge in [-0.1, -0.05) is 0 Å². The molecule has 0 unspecified atom stereocenters. The molecule has 3 rings (SSSR count). The van der Waals surface area contributed by atoms with Gasteiger partial charge in [-0.05, 0) is 51.5 Å². The second-order valence-electron chi connectivity index (χ2n) is 6.41. The SMILES string of the molecule is Cc1cc(/C=C/C(=O)OCc2ccn[nH]2)c(C)n1-c1ccnn1C(C)C. The van der Waals surface area contributed by atoms with Gasteiger partial charge in [0.05, 0.1) is 11.9 Å². The normalized spacial score (nSPS) is 11.6. The molecule has 0 saturated carbocycles. The third kappa shape index (κ3) is 3.61. The second kappa shape index (κ2) is 7.43. The summed E-state index contributed by atoms with van der Waals surface area (Å²) >= 11 is 0. The molecule has 0 atom stereocenters. The summed E-state index contributed by atoms with van der Waals surface area (Å²) in [5.41, 5.74) is 3.85. The molecule has 0 aliphatic rings. The minimum absolute atomic E-state index is 0.176. The number of H-pyrrole nitrogens is 1. The second-order valence-corrected chi connectivity index (χ2v) is 6.41. The molecule has 1 N–H and O–H groups in total. The highest BCUT2D eigenvalue weighted by Crippen LogP contribution is 2.23. The van der Waals surface area contributed by atoms with Crippen LogP contribution in [-0.4, -0.2) is 30.5 Å². The number of carbonyl (C=O) groups excluding carboxylic acids is 1. The lowest BCUT2D eigenvalue weighted by Crippen LogP contribution is -2.11. The van der Waals surface area contributed by atoms with Crippen molar-refractivity contribution in [1.82, 2.24) is 24.5 Å². The van der Waals surface area contributed by atoms with Gasteiger partial charge in [-0.15, -0.1) is 0 Å². The lowest BCUT2D eigenvalue weighted by molar-refractivity contribution is -0.139. The molecule has 0 bridgehead atoms.